The molecule has 1 fully saturated rings. The van der Waals surface area contributed by atoms with Crippen molar-refractivity contribution >= 4 is 38.0 Å². The Morgan fingerprint density at radius 1 is 1.38 bits per heavy atom. The maximum atomic E-state index is 11.2. The third-order valence-corrected chi connectivity index (χ3v) is 5.00. The van der Waals surface area contributed by atoms with E-state index in [0.29, 0.717) is 11.9 Å². The molecule has 0 radical (unpaired) electrons. The fraction of sp³-hybridized carbons (Fsp3) is 0.625. The van der Waals surface area contributed by atoms with Crippen molar-refractivity contribution in [3.05, 3.63) is 17.8 Å². The fourth-order valence-corrected chi connectivity index (χ4v) is 3.96. The molecule has 1 N–H and O–H groups in total. The van der Waals surface area contributed by atoms with Crippen molar-refractivity contribution in [2.24, 2.45) is 0 Å². The van der Waals surface area contributed by atoms with E-state index in [-0.39, 0.29) is 9.33 Å². The molecule has 1 aliphatic heterocycles. The summed E-state index contributed by atoms with van der Waals surface area (Å²) in [6, 6.07) is 2.69. The number of carbonyl (C=O) groups is 1. The van der Waals surface area contributed by atoms with Gasteiger partial charge in [0, 0.05) is 64.1 Å². The highest BCUT2D eigenvalue weighted by molar-refractivity contribution is 14.1. The van der Waals surface area contributed by atoms with E-state index in [1.54, 1.807) is 22.6 Å². The van der Waals surface area contributed by atoms with E-state index in [9.17, 15) is 4.79 Å². The first-order valence-corrected chi connectivity index (χ1v) is 8.79. The Morgan fingerprint density at radius 2 is 2.10 bits per heavy atom. The second-order valence-electron chi connectivity index (χ2n) is 6.79. The van der Waals surface area contributed by atoms with Gasteiger partial charge in [-0.2, -0.15) is 0 Å². The summed E-state index contributed by atoms with van der Waals surface area (Å²) in [6.07, 6.45) is 8.55. The first-order chi connectivity index (χ1) is 9.97. The summed E-state index contributed by atoms with van der Waals surface area (Å²) in [7, 11) is 0. The summed E-state index contributed by atoms with van der Waals surface area (Å²) < 4.78 is -0.0958. The normalized spacial score (nSPS) is 21.2. The van der Waals surface area contributed by atoms with E-state index in [2.05, 4.69) is 35.1 Å². The zero-order chi connectivity index (χ0) is 15.0. The summed E-state index contributed by atoms with van der Waals surface area (Å²) in [5, 5.41) is 2.80. The topological polar surface area (TPSA) is 45.2 Å². The van der Waals surface area contributed by atoms with Gasteiger partial charge in [0.05, 0.1) is 0 Å². The number of fused-ring (bicyclic) bond motifs is 1. The first kappa shape index (κ1) is 15.1. The van der Waals surface area contributed by atoms with Crippen LogP contribution in [0.3, 0.4) is 0 Å². The van der Waals surface area contributed by atoms with E-state index in [1.165, 1.54) is 43.4 Å². The van der Waals surface area contributed by atoms with Gasteiger partial charge in [-0.25, -0.2) is 4.98 Å². The van der Waals surface area contributed by atoms with Gasteiger partial charge in [-0.05, 0) is 12.8 Å². The number of carbonyl (C=O) groups excluding carboxylic acids is 1. The van der Waals surface area contributed by atoms with Crippen molar-refractivity contribution in [1.82, 2.24) is 4.98 Å². The van der Waals surface area contributed by atoms with Crippen molar-refractivity contribution < 1.29 is 4.79 Å². The van der Waals surface area contributed by atoms with Crippen LogP contribution in [0.1, 0.15) is 51.5 Å². The van der Waals surface area contributed by atoms with Crippen molar-refractivity contribution in [3.63, 3.8) is 0 Å². The summed E-state index contributed by atoms with van der Waals surface area (Å²) in [6.45, 7) is 5.62. The van der Waals surface area contributed by atoms with E-state index in [1.807, 2.05) is 6.20 Å². The predicted molar refractivity (Wildman–Crippen MR) is 94.5 cm³/mol. The van der Waals surface area contributed by atoms with Crippen LogP contribution in [0.4, 0.5) is 16.3 Å². The maximum absolute atomic E-state index is 11.2. The van der Waals surface area contributed by atoms with E-state index in [4.69, 9.17) is 0 Å². The second kappa shape index (κ2) is 5.74. The molecule has 5 heteroatoms. The molecule has 4 nitrogen and oxygen atoms in total. The van der Waals surface area contributed by atoms with Gasteiger partial charge < -0.3 is 10.2 Å². The lowest BCUT2D eigenvalue weighted by atomic mass is 9.88. The fourth-order valence-electron chi connectivity index (χ4n) is 3.69. The SMILES string of the molecule is CC1(C)CN(C2CCCCC2)c2cc(NC(=O)I)ncc21. The quantitative estimate of drug-likeness (QED) is 0.453. The second-order valence-corrected chi connectivity index (χ2v) is 7.77. The molecule has 0 spiro atoms. The van der Waals surface area contributed by atoms with Crippen molar-refractivity contribution in [3.8, 4) is 0 Å². The average Bonchev–Trinajstić information content (AvgIpc) is 2.71. The minimum absolute atomic E-state index is 0.0958. The molecule has 1 aromatic rings. The highest BCUT2D eigenvalue weighted by atomic mass is 127. The average molecular weight is 399 g/mol. The largest absolute Gasteiger partial charge is 0.367 e. The Kier molecular flexibility index (Phi) is 4.12. The van der Waals surface area contributed by atoms with Gasteiger partial charge in [-0.15, -0.1) is 0 Å². The monoisotopic (exact) mass is 399 g/mol. The molecule has 2 aliphatic rings. The van der Waals surface area contributed by atoms with Gasteiger partial charge >= 0.3 is 0 Å². The molecule has 2 heterocycles. The van der Waals surface area contributed by atoms with Gasteiger partial charge in [0.2, 0.25) is 0 Å². The Bertz CT molecular complexity index is 552. The van der Waals surface area contributed by atoms with Crippen LogP contribution in [0.2, 0.25) is 0 Å². The Morgan fingerprint density at radius 3 is 2.76 bits per heavy atom. The molecule has 21 heavy (non-hydrogen) atoms. The van der Waals surface area contributed by atoms with Crippen LogP contribution in [0.15, 0.2) is 12.3 Å². The van der Waals surface area contributed by atoms with Gasteiger partial charge in [0.1, 0.15) is 5.82 Å². The number of pyridine rings is 1. The smallest absolute Gasteiger partial charge is 0.286 e. The number of aromatic nitrogens is 1. The van der Waals surface area contributed by atoms with Gasteiger partial charge in [-0.1, -0.05) is 33.1 Å². The Hall–Kier alpha value is -0.850. The lowest BCUT2D eigenvalue weighted by Gasteiger charge is -2.34. The lowest BCUT2D eigenvalue weighted by Crippen LogP contribution is -2.38. The molecule has 1 aromatic heterocycles. The molecule has 0 aromatic carbocycles. The predicted octanol–water partition coefficient (Wildman–Crippen LogP) is 4.48. The summed E-state index contributed by atoms with van der Waals surface area (Å²) >= 11 is 1.75. The molecule has 3 rings (SSSR count). The Labute approximate surface area is 139 Å². The highest BCUT2D eigenvalue weighted by Gasteiger charge is 2.38. The third-order valence-electron chi connectivity index (χ3n) is 4.73. The highest BCUT2D eigenvalue weighted by Crippen LogP contribution is 2.43. The molecule has 0 bridgehead atoms. The molecule has 114 valence electrons. The van der Waals surface area contributed by atoms with Crippen LogP contribution >= 0.6 is 22.6 Å². The van der Waals surface area contributed by atoms with E-state index >= 15 is 0 Å². The summed E-state index contributed by atoms with van der Waals surface area (Å²) in [4.78, 5) is 18.2. The minimum Gasteiger partial charge on any atom is -0.367 e. The van der Waals surface area contributed by atoms with Gasteiger partial charge in [0.15, 0.2) is 0 Å². The number of anilines is 2. The van der Waals surface area contributed by atoms with Crippen LogP contribution in [0, 0.1) is 0 Å². The first-order valence-electron chi connectivity index (χ1n) is 7.71. The van der Waals surface area contributed by atoms with Crippen molar-refractivity contribution in [1.29, 1.82) is 0 Å². The van der Waals surface area contributed by atoms with Gasteiger partial charge in [0.25, 0.3) is 3.91 Å². The zero-order valence-electron chi connectivity index (χ0n) is 12.7. The van der Waals surface area contributed by atoms with Crippen molar-refractivity contribution in [2.75, 3.05) is 16.8 Å². The summed E-state index contributed by atoms with van der Waals surface area (Å²) in [5.41, 5.74) is 2.70. The number of rotatable bonds is 2. The van der Waals surface area contributed by atoms with E-state index < -0.39 is 0 Å². The number of nitrogens with one attached hydrogen (secondary N) is 1. The summed E-state index contributed by atoms with van der Waals surface area (Å²) in [5.74, 6) is 0.659. The number of hydrogen-bond acceptors (Lipinski definition) is 3. The number of nitrogens with zero attached hydrogens (tertiary/aromatic N) is 2. The number of halogens is 1. The molecule has 0 saturated heterocycles. The molecule has 0 atom stereocenters. The maximum Gasteiger partial charge on any atom is 0.286 e. The molecule has 1 aliphatic carbocycles. The molecule has 1 saturated carbocycles. The van der Waals surface area contributed by atoms with Crippen LogP contribution < -0.4 is 10.2 Å². The van der Waals surface area contributed by atoms with E-state index in [0.717, 1.165) is 6.54 Å². The molecular formula is C16H22IN3O. The lowest BCUT2D eigenvalue weighted by molar-refractivity contribution is 0.271. The van der Waals surface area contributed by atoms with Crippen LogP contribution in [0.25, 0.3) is 0 Å². The zero-order valence-corrected chi connectivity index (χ0v) is 14.8. The Balaban J connectivity index is 1.94. The van der Waals surface area contributed by atoms with Crippen molar-refractivity contribution in [2.45, 2.75) is 57.4 Å². The van der Waals surface area contributed by atoms with Crippen LogP contribution in [-0.2, 0) is 5.41 Å². The molecule has 0 unspecified atom stereocenters. The molecular weight excluding hydrogens is 377 g/mol. The standard InChI is InChI=1S/C16H22IN3O/c1-16(2)10-20(11-6-4-3-5-7-11)13-8-14(19-15(17)21)18-9-12(13)16/h8-9,11H,3-7,10H2,1-2H3,(H,18,19,21). The van der Waals surface area contributed by atoms with Crippen LogP contribution in [-0.4, -0.2) is 21.5 Å². The third kappa shape index (κ3) is 3.03. The van der Waals surface area contributed by atoms with Gasteiger partial charge in [-0.3, -0.25) is 4.79 Å². The molecule has 1 amide bonds. The van der Waals surface area contributed by atoms with Crippen LogP contribution in [0.5, 0.6) is 0 Å². The minimum atomic E-state index is -0.0958. The number of hydrogen-bond donors (Lipinski definition) is 1. The number of amides is 1.